The van der Waals surface area contributed by atoms with E-state index >= 15 is 0 Å². The first-order valence-corrected chi connectivity index (χ1v) is 11.6. The highest BCUT2D eigenvalue weighted by molar-refractivity contribution is 5.84. The molecule has 4 aliphatic carbocycles. The summed E-state index contributed by atoms with van der Waals surface area (Å²) in [5.74, 6) is 4.59. The Labute approximate surface area is 168 Å². The Morgan fingerprint density at radius 3 is 2.71 bits per heavy atom. The van der Waals surface area contributed by atoms with E-state index in [9.17, 15) is 9.90 Å². The third-order valence-corrected chi connectivity index (χ3v) is 9.55. The fourth-order valence-electron chi connectivity index (χ4n) is 8.30. The van der Waals surface area contributed by atoms with Gasteiger partial charge in [-0.3, -0.25) is 9.89 Å². The van der Waals surface area contributed by atoms with Gasteiger partial charge in [-0.25, -0.2) is 0 Å². The molecule has 1 aromatic heterocycles. The predicted octanol–water partition coefficient (Wildman–Crippen LogP) is 4.54. The number of nitrogens with one attached hydrogen (secondary N) is 1. The molecule has 4 heteroatoms. The second kappa shape index (κ2) is 6.68. The maximum Gasteiger partial charge on any atom is 0.142 e. The predicted molar refractivity (Wildman–Crippen MR) is 109 cm³/mol. The summed E-state index contributed by atoms with van der Waals surface area (Å²) in [6.45, 7) is 4.48. The van der Waals surface area contributed by atoms with Gasteiger partial charge in [0.15, 0.2) is 0 Å². The summed E-state index contributed by atoms with van der Waals surface area (Å²) in [5.41, 5.74) is 0.723. The molecular weight excluding hydrogens is 348 g/mol. The molecule has 4 nitrogen and oxygen atoms in total. The first-order valence-electron chi connectivity index (χ1n) is 11.6. The van der Waals surface area contributed by atoms with Crippen LogP contribution in [-0.4, -0.2) is 26.7 Å². The van der Waals surface area contributed by atoms with Gasteiger partial charge in [-0.05, 0) is 106 Å². The minimum atomic E-state index is -0.436. The molecule has 0 bridgehead atoms. The molecule has 0 amide bonds. The zero-order chi connectivity index (χ0) is 19.5. The number of aromatic nitrogens is 2. The van der Waals surface area contributed by atoms with Crippen LogP contribution in [0.15, 0.2) is 12.3 Å². The Hall–Kier alpha value is -1.16. The van der Waals surface area contributed by atoms with Crippen LogP contribution in [0.2, 0.25) is 0 Å². The molecule has 1 heterocycles. The smallest absolute Gasteiger partial charge is 0.142 e. The molecule has 2 N–H and O–H groups in total. The fraction of sp³-hybridized carbons (Fsp3) is 0.833. The van der Waals surface area contributed by atoms with E-state index in [1.54, 1.807) is 6.20 Å². The van der Waals surface area contributed by atoms with E-state index in [2.05, 4.69) is 17.1 Å². The minimum Gasteiger partial charge on any atom is -0.390 e. The summed E-state index contributed by atoms with van der Waals surface area (Å²) in [6.07, 6.45) is 12.9. The van der Waals surface area contributed by atoms with Crippen LogP contribution in [-0.2, 0) is 11.2 Å². The van der Waals surface area contributed by atoms with Gasteiger partial charge >= 0.3 is 0 Å². The number of Topliss-reactive ketones (excluding diaryl/α,β-unsaturated/α-hetero) is 1. The highest BCUT2D eigenvalue weighted by atomic mass is 16.3. The fourth-order valence-corrected chi connectivity index (χ4v) is 8.30. The molecule has 0 unspecified atom stereocenters. The lowest BCUT2D eigenvalue weighted by Crippen LogP contribution is -2.51. The number of rotatable bonds is 3. The van der Waals surface area contributed by atoms with Gasteiger partial charge in [-0.1, -0.05) is 6.92 Å². The maximum atomic E-state index is 13.2. The van der Waals surface area contributed by atoms with Crippen molar-refractivity contribution in [2.24, 2.45) is 40.9 Å². The lowest BCUT2D eigenvalue weighted by atomic mass is 9.49. The first kappa shape index (κ1) is 18.8. The van der Waals surface area contributed by atoms with E-state index in [-0.39, 0.29) is 11.3 Å². The van der Waals surface area contributed by atoms with Crippen molar-refractivity contribution in [3.05, 3.63) is 18.0 Å². The topological polar surface area (TPSA) is 66.0 Å². The molecule has 154 valence electrons. The number of carbonyl (C=O) groups is 1. The van der Waals surface area contributed by atoms with Crippen molar-refractivity contribution in [1.29, 1.82) is 0 Å². The van der Waals surface area contributed by atoms with E-state index in [1.807, 2.05) is 13.0 Å². The standard InChI is InChI=1S/C24H36N2O2/c1-23(28)10-7-17-15(14-23)3-4-19-18(17)8-11-24(2)20(19)5-6-21(24)22(27)13-16-9-12-25-26-16/h9,12,15,17-21,28H,3-8,10-11,13-14H2,1-2H3,(H,25,26)/t15-,17+,18-,19-,20+,21-,23-,24+/m1/s1. The van der Waals surface area contributed by atoms with Crippen LogP contribution in [0.25, 0.3) is 0 Å². The van der Waals surface area contributed by atoms with Crippen LogP contribution < -0.4 is 0 Å². The second-order valence-electron chi connectivity index (χ2n) is 11.1. The molecule has 4 fully saturated rings. The summed E-state index contributed by atoms with van der Waals surface area (Å²) in [7, 11) is 0. The summed E-state index contributed by atoms with van der Waals surface area (Å²) >= 11 is 0. The quantitative estimate of drug-likeness (QED) is 0.804. The Morgan fingerprint density at radius 1 is 1.11 bits per heavy atom. The molecule has 4 saturated carbocycles. The minimum absolute atomic E-state index is 0.200. The Balaban J connectivity index is 1.32. The van der Waals surface area contributed by atoms with E-state index in [0.29, 0.717) is 12.2 Å². The molecule has 0 aromatic carbocycles. The normalized spacial score (nSPS) is 47.8. The van der Waals surface area contributed by atoms with Crippen molar-refractivity contribution in [3.63, 3.8) is 0 Å². The molecule has 0 saturated heterocycles. The molecule has 4 aliphatic rings. The lowest BCUT2D eigenvalue weighted by molar-refractivity contribution is -0.131. The molecule has 28 heavy (non-hydrogen) atoms. The van der Waals surface area contributed by atoms with Crippen molar-refractivity contribution in [2.75, 3.05) is 0 Å². The van der Waals surface area contributed by atoms with Crippen molar-refractivity contribution in [2.45, 2.75) is 83.7 Å². The van der Waals surface area contributed by atoms with Gasteiger partial charge in [-0.15, -0.1) is 0 Å². The van der Waals surface area contributed by atoms with E-state index in [0.717, 1.165) is 54.5 Å². The molecule has 0 aliphatic heterocycles. The highest BCUT2D eigenvalue weighted by Gasteiger charge is 2.58. The van der Waals surface area contributed by atoms with Gasteiger partial charge in [0, 0.05) is 24.2 Å². The summed E-state index contributed by atoms with van der Waals surface area (Å²) in [4.78, 5) is 13.2. The summed E-state index contributed by atoms with van der Waals surface area (Å²) in [5, 5.41) is 17.5. The molecular formula is C24H36N2O2. The van der Waals surface area contributed by atoms with Crippen LogP contribution >= 0.6 is 0 Å². The maximum absolute atomic E-state index is 13.2. The van der Waals surface area contributed by atoms with Crippen molar-refractivity contribution in [3.8, 4) is 0 Å². The molecule has 8 atom stereocenters. The number of H-pyrrole nitrogens is 1. The lowest BCUT2D eigenvalue weighted by Gasteiger charge is -2.56. The van der Waals surface area contributed by atoms with Crippen molar-refractivity contribution >= 4 is 5.78 Å². The molecule has 0 radical (unpaired) electrons. The Morgan fingerprint density at radius 2 is 1.93 bits per heavy atom. The monoisotopic (exact) mass is 384 g/mol. The largest absolute Gasteiger partial charge is 0.390 e. The average Bonchev–Trinajstić information content (AvgIpc) is 3.27. The third kappa shape index (κ3) is 2.98. The molecule has 0 spiro atoms. The first-order chi connectivity index (χ1) is 13.4. The number of ketones is 1. The number of carbonyl (C=O) groups excluding carboxylic acids is 1. The zero-order valence-corrected chi connectivity index (χ0v) is 17.5. The van der Waals surface area contributed by atoms with Gasteiger partial charge in [-0.2, -0.15) is 5.10 Å². The molecule has 1 aromatic rings. The second-order valence-corrected chi connectivity index (χ2v) is 11.1. The average molecular weight is 385 g/mol. The van der Waals surface area contributed by atoms with Gasteiger partial charge in [0.2, 0.25) is 0 Å². The number of aromatic amines is 1. The third-order valence-electron chi connectivity index (χ3n) is 9.55. The Kier molecular flexibility index (Phi) is 4.50. The number of aliphatic hydroxyl groups is 1. The van der Waals surface area contributed by atoms with Gasteiger partial charge in [0.05, 0.1) is 5.60 Å². The van der Waals surface area contributed by atoms with Gasteiger partial charge in [0.25, 0.3) is 0 Å². The zero-order valence-electron chi connectivity index (χ0n) is 17.5. The van der Waals surface area contributed by atoms with Crippen molar-refractivity contribution < 1.29 is 9.90 Å². The van der Waals surface area contributed by atoms with Gasteiger partial charge < -0.3 is 5.11 Å². The van der Waals surface area contributed by atoms with Crippen LogP contribution in [0, 0.1) is 40.9 Å². The summed E-state index contributed by atoms with van der Waals surface area (Å²) in [6, 6.07) is 1.93. The number of nitrogens with zero attached hydrogens (tertiary/aromatic N) is 1. The SMILES string of the molecule is C[C@@]1(O)CC[C@H]2[C@H](CC[C@@H]3[C@@H]2CC[C@]2(C)[C@@H](C(=O)Cc4ccn[nH]4)CC[C@@H]32)C1. The van der Waals surface area contributed by atoms with Crippen LogP contribution in [0.5, 0.6) is 0 Å². The number of hydrogen-bond acceptors (Lipinski definition) is 3. The van der Waals surface area contributed by atoms with Gasteiger partial charge in [0.1, 0.15) is 5.78 Å². The van der Waals surface area contributed by atoms with E-state index < -0.39 is 5.60 Å². The molecule has 5 rings (SSSR count). The highest BCUT2D eigenvalue weighted by Crippen LogP contribution is 2.64. The van der Waals surface area contributed by atoms with Crippen LogP contribution in [0.3, 0.4) is 0 Å². The Bertz CT molecular complexity index is 727. The number of hydrogen-bond donors (Lipinski definition) is 2. The van der Waals surface area contributed by atoms with Crippen LogP contribution in [0.4, 0.5) is 0 Å². The number of fused-ring (bicyclic) bond motifs is 5. The van der Waals surface area contributed by atoms with Crippen LogP contribution in [0.1, 0.15) is 77.3 Å². The van der Waals surface area contributed by atoms with Crippen molar-refractivity contribution in [1.82, 2.24) is 10.2 Å². The summed E-state index contributed by atoms with van der Waals surface area (Å²) < 4.78 is 0. The van der Waals surface area contributed by atoms with E-state index in [4.69, 9.17) is 0 Å². The van der Waals surface area contributed by atoms with E-state index in [1.165, 1.54) is 38.5 Å².